The summed E-state index contributed by atoms with van der Waals surface area (Å²) in [5.41, 5.74) is 6.52. The van der Waals surface area contributed by atoms with E-state index in [-0.39, 0.29) is 0 Å². The van der Waals surface area contributed by atoms with E-state index in [1.54, 1.807) is 6.20 Å². The van der Waals surface area contributed by atoms with Crippen LogP contribution >= 0.6 is 0 Å². The van der Waals surface area contributed by atoms with Gasteiger partial charge in [0.1, 0.15) is 0 Å². The van der Waals surface area contributed by atoms with Crippen molar-refractivity contribution in [1.29, 1.82) is 0 Å². The predicted molar refractivity (Wildman–Crippen MR) is 77.0 cm³/mol. The summed E-state index contributed by atoms with van der Waals surface area (Å²) in [6.07, 6.45) is 8.78. The Labute approximate surface area is 115 Å². The smallest absolute Gasteiger partial charge is 0.0719 e. The van der Waals surface area contributed by atoms with Crippen LogP contribution in [0.3, 0.4) is 0 Å². The van der Waals surface area contributed by atoms with Crippen LogP contribution in [0.4, 0.5) is 5.69 Å². The first-order valence-corrected chi connectivity index (χ1v) is 7.44. The lowest BCUT2D eigenvalue weighted by atomic mass is 9.98. The molecule has 0 aromatic carbocycles. The molecule has 2 fully saturated rings. The van der Waals surface area contributed by atoms with Crippen molar-refractivity contribution in [2.75, 3.05) is 39.0 Å². The molecule has 0 aliphatic carbocycles. The average molecular weight is 263 g/mol. The monoisotopic (exact) mass is 263 g/mol. The molecular formula is C14H25N5. The van der Waals surface area contributed by atoms with Crippen LogP contribution in [0, 0.1) is 0 Å². The van der Waals surface area contributed by atoms with Crippen LogP contribution in [-0.2, 0) is 0 Å². The molecule has 19 heavy (non-hydrogen) atoms. The van der Waals surface area contributed by atoms with E-state index in [1.807, 2.05) is 6.20 Å². The first kappa shape index (κ1) is 12.9. The molecular weight excluding hydrogens is 238 g/mol. The van der Waals surface area contributed by atoms with E-state index in [4.69, 9.17) is 5.73 Å². The second kappa shape index (κ2) is 5.51. The van der Waals surface area contributed by atoms with Crippen molar-refractivity contribution in [3.05, 3.63) is 12.4 Å². The van der Waals surface area contributed by atoms with Gasteiger partial charge in [0.2, 0.25) is 0 Å². The molecule has 0 atom stereocenters. The van der Waals surface area contributed by atoms with E-state index < -0.39 is 0 Å². The van der Waals surface area contributed by atoms with Crippen molar-refractivity contribution in [3.8, 4) is 0 Å². The van der Waals surface area contributed by atoms with Gasteiger partial charge < -0.3 is 15.5 Å². The highest BCUT2D eigenvalue weighted by atomic mass is 15.3. The highest BCUT2D eigenvalue weighted by molar-refractivity contribution is 5.30. The lowest BCUT2D eigenvalue weighted by Crippen LogP contribution is -2.47. The van der Waals surface area contributed by atoms with Crippen LogP contribution in [0.1, 0.15) is 31.7 Å². The van der Waals surface area contributed by atoms with E-state index in [9.17, 15) is 0 Å². The van der Waals surface area contributed by atoms with E-state index in [0.29, 0.717) is 6.04 Å². The number of likely N-dealkylation sites (tertiary alicyclic amines) is 2. The lowest BCUT2D eigenvalue weighted by molar-refractivity contribution is 0.0851. The molecule has 106 valence electrons. The van der Waals surface area contributed by atoms with Crippen LogP contribution in [0.2, 0.25) is 0 Å². The summed E-state index contributed by atoms with van der Waals surface area (Å²) in [4.78, 5) is 5.13. The number of hydrogen-bond donors (Lipinski definition) is 1. The van der Waals surface area contributed by atoms with Crippen LogP contribution < -0.4 is 5.73 Å². The lowest BCUT2D eigenvalue weighted by Gasteiger charge is -2.41. The van der Waals surface area contributed by atoms with Gasteiger partial charge in [-0.2, -0.15) is 5.10 Å². The molecule has 2 aliphatic heterocycles. The fraction of sp³-hybridized carbons (Fsp3) is 0.786. The molecule has 0 radical (unpaired) electrons. The SMILES string of the molecule is CN1CCC(N2CCC(n3cc(N)cn3)CC2)CC1. The van der Waals surface area contributed by atoms with Crippen molar-refractivity contribution >= 4 is 5.69 Å². The molecule has 0 amide bonds. The van der Waals surface area contributed by atoms with Gasteiger partial charge >= 0.3 is 0 Å². The highest BCUT2D eigenvalue weighted by Crippen LogP contribution is 2.26. The maximum Gasteiger partial charge on any atom is 0.0719 e. The Bertz CT molecular complexity index is 400. The number of nitrogens with two attached hydrogens (primary N) is 1. The molecule has 2 N–H and O–H groups in total. The van der Waals surface area contributed by atoms with E-state index in [0.717, 1.165) is 11.7 Å². The molecule has 2 aliphatic rings. The summed E-state index contributed by atoms with van der Waals surface area (Å²) in [6, 6.07) is 1.35. The third-order valence-electron chi connectivity index (χ3n) is 4.70. The molecule has 3 rings (SSSR count). The number of anilines is 1. The van der Waals surface area contributed by atoms with Gasteiger partial charge in [0.05, 0.1) is 17.9 Å². The Morgan fingerprint density at radius 1 is 1.05 bits per heavy atom. The van der Waals surface area contributed by atoms with Crippen molar-refractivity contribution in [2.24, 2.45) is 0 Å². The molecule has 2 saturated heterocycles. The largest absolute Gasteiger partial charge is 0.396 e. The molecule has 0 saturated carbocycles. The summed E-state index contributed by atoms with van der Waals surface area (Å²) < 4.78 is 2.06. The van der Waals surface area contributed by atoms with E-state index in [2.05, 4.69) is 26.6 Å². The zero-order valence-electron chi connectivity index (χ0n) is 11.8. The van der Waals surface area contributed by atoms with Crippen molar-refractivity contribution in [1.82, 2.24) is 19.6 Å². The number of nitrogen functional groups attached to an aromatic ring is 1. The van der Waals surface area contributed by atoms with Gasteiger partial charge in [-0.3, -0.25) is 4.68 Å². The Morgan fingerprint density at radius 2 is 1.68 bits per heavy atom. The van der Waals surface area contributed by atoms with Gasteiger partial charge in [0.25, 0.3) is 0 Å². The molecule has 0 unspecified atom stereocenters. The normalized spacial score (nSPS) is 24.9. The summed E-state index contributed by atoms with van der Waals surface area (Å²) in [6.45, 7) is 4.91. The maximum absolute atomic E-state index is 5.74. The Hall–Kier alpha value is -1.07. The average Bonchev–Trinajstić information content (AvgIpc) is 2.87. The fourth-order valence-corrected chi connectivity index (χ4v) is 3.43. The molecule has 5 nitrogen and oxygen atoms in total. The second-order valence-electron chi connectivity index (χ2n) is 6.06. The minimum Gasteiger partial charge on any atom is -0.396 e. The summed E-state index contributed by atoms with van der Waals surface area (Å²) in [5, 5.41) is 4.35. The quantitative estimate of drug-likeness (QED) is 0.871. The van der Waals surface area contributed by atoms with Crippen molar-refractivity contribution < 1.29 is 0 Å². The number of piperidine rings is 2. The summed E-state index contributed by atoms with van der Waals surface area (Å²) in [7, 11) is 2.23. The van der Waals surface area contributed by atoms with Crippen LogP contribution in [-0.4, -0.2) is 58.8 Å². The molecule has 1 aromatic heterocycles. The van der Waals surface area contributed by atoms with Gasteiger partial charge in [-0.25, -0.2) is 0 Å². The van der Waals surface area contributed by atoms with Crippen molar-refractivity contribution in [2.45, 2.75) is 37.8 Å². The zero-order chi connectivity index (χ0) is 13.2. The van der Waals surface area contributed by atoms with E-state index in [1.165, 1.54) is 51.9 Å². The standard InChI is InChI=1S/C14H25N5/c1-17-6-2-13(3-7-17)18-8-4-14(5-9-18)19-11-12(15)10-16-19/h10-11,13-14H,2-9,15H2,1H3. The van der Waals surface area contributed by atoms with Gasteiger partial charge in [-0.05, 0) is 45.8 Å². The first-order chi connectivity index (χ1) is 9.22. The Kier molecular flexibility index (Phi) is 3.75. The first-order valence-electron chi connectivity index (χ1n) is 7.44. The minimum atomic E-state index is 0.541. The van der Waals surface area contributed by atoms with Crippen LogP contribution in [0.5, 0.6) is 0 Å². The fourth-order valence-electron chi connectivity index (χ4n) is 3.43. The molecule has 3 heterocycles. The number of nitrogens with zero attached hydrogens (tertiary/aromatic N) is 4. The predicted octanol–water partition coefficient (Wildman–Crippen LogP) is 1.20. The van der Waals surface area contributed by atoms with Crippen LogP contribution in [0.25, 0.3) is 0 Å². The van der Waals surface area contributed by atoms with Crippen LogP contribution in [0.15, 0.2) is 12.4 Å². The molecule has 0 bridgehead atoms. The maximum atomic E-state index is 5.74. The minimum absolute atomic E-state index is 0.541. The summed E-state index contributed by atoms with van der Waals surface area (Å²) >= 11 is 0. The third-order valence-corrected chi connectivity index (χ3v) is 4.70. The second-order valence-corrected chi connectivity index (χ2v) is 6.06. The van der Waals surface area contributed by atoms with Gasteiger partial charge in [0, 0.05) is 25.3 Å². The van der Waals surface area contributed by atoms with E-state index >= 15 is 0 Å². The summed E-state index contributed by atoms with van der Waals surface area (Å²) in [5.74, 6) is 0. The third kappa shape index (κ3) is 2.92. The molecule has 1 aromatic rings. The van der Waals surface area contributed by atoms with Gasteiger partial charge in [-0.1, -0.05) is 0 Å². The van der Waals surface area contributed by atoms with Gasteiger partial charge in [0.15, 0.2) is 0 Å². The molecule has 0 spiro atoms. The molecule has 5 heteroatoms. The number of aromatic nitrogens is 2. The number of hydrogen-bond acceptors (Lipinski definition) is 4. The topological polar surface area (TPSA) is 50.3 Å². The highest BCUT2D eigenvalue weighted by Gasteiger charge is 2.28. The Morgan fingerprint density at radius 3 is 2.26 bits per heavy atom. The Balaban J connectivity index is 1.52. The number of rotatable bonds is 2. The van der Waals surface area contributed by atoms with Gasteiger partial charge in [-0.15, -0.1) is 0 Å². The zero-order valence-corrected chi connectivity index (χ0v) is 11.8. The van der Waals surface area contributed by atoms with Crippen molar-refractivity contribution in [3.63, 3.8) is 0 Å².